The maximum absolute atomic E-state index is 13.3. The number of carbonyl (C=O) groups excluding carboxylic acids is 2. The van der Waals surface area contributed by atoms with Crippen LogP contribution < -0.4 is 10.1 Å². The number of hydrogen-bond acceptors (Lipinski definition) is 6. The van der Waals surface area contributed by atoms with Gasteiger partial charge in [0.1, 0.15) is 12.3 Å². The third-order valence-corrected chi connectivity index (χ3v) is 5.36. The first-order valence-corrected chi connectivity index (χ1v) is 9.39. The van der Waals surface area contributed by atoms with Crippen molar-refractivity contribution in [1.29, 1.82) is 0 Å². The number of nitrogens with zero attached hydrogens (tertiary/aromatic N) is 3. The lowest BCUT2D eigenvalue weighted by molar-refractivity contribution is -0.133. The Labute approximate surface area is 170 Å². The molecule has 3 aromatic rings. The molecule has 0 radical (unpaired) electrons. The Morgan fingerprint density at radius 3 is 2.72 bits per heavy atom. The summed E-state index contributed by atoms with van der Waals surface area (Å²) in [5, 5.41) is 11.4. The van der Waals surface area contributed by atoms with Crippen LogP contribution in [0, 0.1) is 0 Å². The minimum atomic E-state index is -1.13. The number of imide groups is 1. The minimum absolute atomic E-state index is 0.115. The Morgan fingerprint density at radius 1 is 1.10 bits per heavy atom. The van der Waals surface area contributed by atoms with E-state index >= 15 is 0 Å². The summed E-state index contributed by atoms with van der Waals surface area (Å²) < 4.78 is 11.3. The van der Waals surface area contributed by atoms with Gasteiger partial charge in [-0.05, 0) is 30.3 Å². The second kappa shape index (κ2) is 6.59. The Bertz CT molecular complexity index is 1110. The molecule has 1 aromatic heterocycles. The molecule has 2 aromatic carbocycles. The highest BCUT2D eigenvalue weighted by Crippen LogP contribution is 2.41. The molecular weight excluding hydrogens is 396 g/mol. The largest absolute Gasteiger partial charge is 0.493 e. The molecule has 2 aliphatic rings. The van der Waals surface area contributed by atoms with E-state index in [1.54, 1.807) is 36.4 Å². The maximum atomic E-state index is 13.3. The monoisotopic (exact) mass is 410 g/mol. The Kier molecular flexibility index (Phi) is 4.02. The van der Waals surface area contributed by atoms with E-state index in [1.165, 1.54) is 0 Å². The summed E-state index contributed by atoms with van der Waals surface area (Å²) in [5.41, 5.74) is 0.213. The fourth-order valence-electron chi connectivity index (χ4n) is 3.68. The normalized spacial score (nSPS) is 20.5. The van der Waals surface area contributed by atoms with Crippen LogP contribution in [0.5, 0.6) is 5.75 Å². The van der Waals surface area contributed by atoms with Gasteiger partial charge in [-0.2, -0.15) is 0 Å². The molecule has 146 valence electrons. The lowest BCUT2D eigenvalue weighted by atomic mass is 9.84. The van der Waals surface area contributed by atoms with Crippen LogP contribution in [0.1, 0.15) is 17.9 Å². The average Bonchev–Trinajstić information content (AvgIpc) is 3.29. The predicted octanol–water partition coefficient (Wildman–Crippen LogP) is 3.12. The molecule has 0 aliphatic carbocycles. The summed E-state index contributed by atoms with van der Waals surface area (Å²) >= 11 is 5.89. The van der Waals surface area contributed by atoms with E-state index < -0.39 is 11.6 Å². The summed E-state index contributed by atoms with van der Waals surface area (Å²) in [6.07, 6.45) is 0.352. The minimum Gasteiger partial charge on any atom is -0.493 e. The number of fused-ring (bicyclic) bond motifs is 2. The van der Waals surface area contributed by atoms with Gasteiger partial charge in [0.05, 0.1) is 6.61 Å². The van der Waals surface area contributed by atoms with Gasteiger partial charge in [-0.3, -0.25) is 9.69 Å². The van der Waals surface area contributed by atoms with Gasteiger partial charge in [-0.15, -0.1) is 10.2 Å². The van der Waals surface area contributed by atoms with Crippen molar-refractivity contribution in [2.45, 2.75) is 18.5 Å². The SMILES string of the molecule is O=C1NC2(CCOc3ccccc32)C(=O)N1Cc1nnc(-c2ccc(Cl)cc2)o1. The third kappa shape index (κ3) is 2.84. The van der Waals surface area contributed by atoms with E-state index in [2.05, 4.69) is 15.5 Å². The summed E-state index contributed by atoms with van der Waals surface area (Å²) in [7, 11) is 0. The molecule has 1 atom stereocenters. The van der Waals surface area contributed by atoms with E-state index in [4.69, 9.17) is 20.8 Å². The second-order valence-corrected chi connectivity index (χ2v) is 7.27. The van der Waals surface area contributed by atoms with Crippen LogP contribution in [0.3, 0.4) is 0 Å². The van der Waals surface area contributed by atoms with Gasteiger partial charge in [0, 0.05) is 22.6 Å². The number of rotatable bonds is 3. The van der Waals surface area contributed by atoms with Crippen LogP contribution >= 0.6 is 11.6 Å². The zero-order chi connectivity index (χ0) is 20.0. The predicted molar refractivity (Wildman–Crippen MR) is 102 cm³/mol. The zero-order valence-electron chi connectivity index (χ0n) is 15.1. The van der Waals surface area contributed by atoms with Gasteiger partial charge in [0.25, 0.3) is 5.91 Å². The molecule has 1 saturated heterocycles. The number of halogens is 1. The van der Waals surface area contributed by atoms with E-state index in [0.717, 1.165) is 4.90 Å². The lowest BCUT2D eigenvalue weighted by Crippen LogP contribution is -2.47. The summed E-state index contributed by atoms with van der Waals surface area (Å²) in [4.78, 5) is 27.0. The van der Waals surface area contributed by atoms with E-state index in [0.29, 0.717) is 34.9 Å². The van der Waals surface area contributed by atoms with Crippen molar-refractivity contribution in [3.8, 4) is 17.2 Å². The molecule has 0 bridgehead atoms. The summed E-state index contributed by atoms with van der Waals surface area (Å²) in [6, 6.07) is 13.6. The smallest absolute Gasteiger partial charge is 0.325 e. The fourth-order valence-corrected chi connectivity index (χ4v) is 3.80. The van der Waals surface area contributed by atoms with Gasteiger partial charge in [-0.1, -0.05) is 29.8 Å². The van der Waals surface area contributed by atoms with Crippen LogP contribution in [-0.2, 0) is 16.9 Å². The van der Waals surface area contributed by atoms with Crippen LogP contribution in [0.25, 0.3) is 11.5 Å². The third-order valence-electron chi connectivity index (χ3n) is 5.11. The van der Waals surface area contributed by atoms with Crippen molar-refractivity contribution >= 4 is 23.5 Å². The van der Waals surface area contributed by atoms with Crippen LogP contribution in [-0.4, -0.2) is 33.6 Å². The van der Waals surface area contributed by atoms with E-state index in [-0.39, 0.29) is 24.2 Å². The number of para-hydroxylation sites is 1. The Morgan fingerprint density at radius 2 is 1.90 bits per heavy atom. The van der Waals surface area contributed by atoms with Gasteiger partial charge >= 0.3 is 6.03 Å². The molecule has 0 saturated carbocycles. The molecule has 5 rings (SSSR count). The first-order valence-electron chi connectivity index (χ1n) is 9.01. The molecule has 1 spiro atoms. The quantitative estimate of drug-likeness (QED) is 0.666. The van der Waals surface area contributed by atoms with Crippen molar-refractivity contribution in [2.75, 3.05) is 6.61 Å². The number of hydrogen-bond donors (Lipinski definition) is 1. The Hall–Kier alpha value is -3.39. The highest BCUT2D eigenvalue weighted by atomic mass is 35.5. The van der Waals surface area contributed by atoms with Gasteiger partial charge in [0.2, 0.25) is 11.8 Å². The second-order valence-electron chi connectivity index (χ2n) is 6.83. The van der Waals surface area contributed by atoms with Crippen molar-refractivity contribution in [1.82, 2.24) is 20.4 Å². The van der Waals surface area contributed by atoms with Crippen molar-refractivity contribution in [3.63, 3.8) is 0 Å². The summed E-state index contributed by atoms with van der Waals surface area (Å²) in [6.45, 7) is 0.216. The molecule has 3 amide bonds. The lowest BCUT2D eigenvalue weighted by Gasteiger charge is -2.33. The van der Waals surface area contributed by atoms with E-state index in [9.17, 15) is 9.59 Å². The fraction of sp³-hybridized carbons (Fsp3) is 0.200. The van der Waals surface area contributed by atoms with Crippen LogP contribution in [0.4, 0.5) is 4.79 Å². The molecule has 8 nitrogen and oxygen atoms in total. The van der Waals surface area contributed by atoms with Crippen LogP contribution in [0.15, 0.2) is 52.9 Å². The number of amides is 3. The molecule has 1 fully saturated rings. The summed E-state index contributed by atoms with van der Waals surface area (Å²) in [5.74, 6) is 0.687. The van der Waals surface area contributed by atoms with Crippen LogP contribution in [0.2, 0.25) is 5.02 Å². The number of carbonyl (C=O) groups is 2. The zero-order valence-corrected chi connectivity index (χ0v) is 15.8. The molecule has 29 heavy (non-hydrogen) atoms. The molecule has 1 N–H and O–H groups in total. The number of nitrogens with one attached hydrogen (secondary N) is 1. The highest BCUT2D eigenvalue weighted by Gasteiger charge is 2.55. The highest BCUT2D eigenvalue weighted by molar-refractivity contribution is 6.30. The molecule has 9 heteroatoms. The Balaban J connectivity index is 1.42. The van der Waals surface area contributed by atoms with Crippen molar-refractivity contribution in [3.05, 3.63) is 65.0 Å². The first kappa shape index (κ1) is 17.7. The molecule has 3 heterocycles. The van der Waals surface area contributed by atoms with E-state index in [1.807, 2.05) is 12.1 Å². The number of ether oxygens (including phenoxy) is 1. The van der Waals surface area contributed by atoms with Crippen molar-refractivity contribution in [2.24, 2.45) is 0 Å². The number of benzene rings is 2. The maximum Gasteiger partial charge on any atom is 0.325 e. The van der Waals surface area contributed by atoms with Crippen molar-refractivity contribution < 1.29 is 18.7 Å². The number of aromatic nitrogens is 2. The molecular formula is C20H15ClN4O4. The first-order chi connectivity index (χ1) is 14.1. The molecule has 1 unspecified atom stereocenters. The molecule has 2 aliphatic heterocycles. The van der Waals surface area contributed by atoms with Gasteiger partial charge < -0.3 is 14.5 Å². The standard InChI is InChI=1S/C20H15ClN4O4/c21-13-7-5-12(6-8-13)17-24-23-16(29-17)11-25-18(26)20(22-19(25)27)9-10-28-15-4-2-1-3-14(15)20/h1-8H,9-11H2,(H,22,27). The van der Waals surface area contributed by atoms with Gasteiger partial charge in [-0.25, -0.2) is 4.79 Å². The van der Waals surface area contributed by atoms with Gasteiger partial charge in [0.15, 0.2) is 5.54 Å². The topological polar surface area (TPSA) is 97.6 Å². The number of urea groups is 1. The average molecular weight is 411 g/mol.